The van der Waals surface area contributed by atoms with Crippen LogP contribution in [0.5, 0.6) is 0 Å². The van der Waals surface area contributed by atoms with Crippen LogP contribution >= 0.6 is 0 Å². The lowest BCUT2D eigenvalue weighted by molar-refractivity contribution is 0.0989. The molecule has 1 aliphatic rings. The highest BCUT2D eigenvalue weighted by Crippen LogP contribution is 2.19. The molecule has 88 valence electrons. The number of hydrazine groups is 1. The Kier molecular flexibility index (Phi) is 4.42. The van der Waals surface area contributed by atoms with Gasteiger partial charge in [-0.2, -0.15) is 0 Å². The maximum atomic E-state index is 5.14. The molecule has 0 aromatic carbocycles. The van der Waals surface area contributed by atoms with Crippen LogP contribution in [0.1, 0.15) is 33.6 Å². The maximum absolute atomic E-state index is 5.14. The topological polar surface area (TPSA) is 53.3 Å². The van der Waals surface area contributed by atoms with Crippen molar-refractivity contribution in [2.75, 3.05) is 13.1 Å². The summed E-state index contributed by atoms with van der Waals surface area (Å²) in [6.07, 6.45) is 6.01. The van der Waals surface area contributed by atoms with Crippen molar-refractivity contribution < 1.29 is 0 Å². The molecule has 1 rings (SSSR count). The van der Waals surface area contributed by atoms with Crippen molar-refractivity contribution in [3.63, 3.8) is 0 Å². The van der Waals surface area contributed by atoms with Gasteiger partial charge in [0, 0.05) is 37.1 Å². The van der Waals surface area contributed by atoms with Gasteiger partial charge in [-0.15, -0.1) is 0 Å². The van der Waals surface area contributed by atoms with E-state index >= 15 is 0 Å². The number of rotatable bonds is 3. The minimum absolute atomic E-state index is 0.305. The predicted molar refractivity (Wildman–Crippen MR) is 63.9 cm³/mol. The monoisotopic (exact) mass is 212 g/mol. The highest BCUT2D eigenvalue weighted by Gasteiger charge is 2.26. The molecule has 4 N–H and O–H groups in total. The first-order valence-corrected chi connectivity index (χ1v) is 5.66. The Morgan fingerprint density at radius 1 is 1.20 bits per heavy atom. The first-order chi connectivity index (χ1) is 7.04. The molecule has 1 heterocycles. The molecular weight excluding hydrogens is 188 g/mol. The Labute approximate surface area is 92.9 Å². The van der Waals surface area contributed by atoms with Crippen molar-refractivity contribution in [1.82, 2.24) is 15.6 Å². The van der Waals surface area contributed by atoms with Gasteiger partial charge in [-0.1, -0.05) is 0 Å². The van der Waals surface area contributed by atoms with E-state index in [1.807, 2.05) is 6.20 Å². The maximum Gasteiger partial charge on any atom is 0.0280 e. The SMILES string of the molecule is CC(C)(C)N1CCC(N/C=C\NN)CC1. The van der Waals surface area contributed by atoms with Crippen LogP contribution in [0.3, 0.4) is 0 Å². The van der Waals surface area contributed by atoms with Crippen LogP contribution in [0.15, 0.2) is 12.4 Å². The molecule has 0 unspecified atom stereocenters. The van der Waals surface area contributed by atoms with E-state index in [2.05, 4.69) is 36.4 Å². The average molecular weight is 212 g/mol. The van der Waals surface area contributed by atoms with Gasteiger partial charge < -0.3 is 10.7 Å². The number of hydrogen-bond acceptors (Lipinski definition) is 4. The third kappa shape index (κ3) is 4.10. The summed E-state index contributed by atoms with van der Waals surface area (Å²) in [4.78, 5) is 2.54. The van der Waals surface area contributed by atoms with E-state index < -0.39 is 0 Å². The molecule has 4 nitrogen and oxygen atoms in total. The highest BCUT2D eigenvalue weighted by molar-refractivity contribution is 4.87. The van der Waals surface area contributed by atoms with Gasteiger partial charge in [0.25, 0.3) is 0 Å². The summed E-state index contributed by atoms with van der Waals surface area (Å²) in [5.74, 6) is 5.14. The Hall–Kier alpha value is -0.740. The fourth-order valence-electron chi connectivity index (χ4n) is 1.95. The summed E-state index contributed by atoms with van der Waals surface area (Å²) in [6, 6.07) is 0.591. The number of likely N-dealkylation sites (tertiary alicyclic amines) is 1. The molecule has 0 aromatic rings. The molecule has 1 fully saturated rings. The summed E-state index contributed by atoms with van der Waals surface area (Å²) in [5, 5.41) is 3.34. The Balaban J connectivity index is 2.27. The quantitative estimate of drug-likeness (QED) is 0.478. The fourth-order valence-corrected chi connectivity index (χ4v) is 1.95. The van der Waals surface area contributed by atoms with Gasteiger partial charge in [0.15, 0.2) is 0 Å². The van der Waals surface area contributed by atoms with Gasteiger partial charge >= 0.3 is 0 Å². The molecule has 1 saturated heterocycles. The molecular formula is C11H24N4. The molecule has 0 amide bonds. The minimum Gasteiger partial charge on any atom is -0.387 e. The third-order valence-corrected chi connectivity index (χ3v) is 2.96. The number of nitrogens with zero attached hydrogens (tertiary/aromatic N) is 1. The van der Waals surface area contributed by atoms with Crippen molar-refractivity contribution in [3.05, 3.63) is 12.4 Å². The fraction of sp³-hybridized carbons (Fsp3) is 0.818. The van der Waals surface area contributed by atoms with Crippen LogP contribution in [0, 0.1) is 0 Å². The third-order valence-electron chi connectivity index (χ3n) is 2.96. The second-order valence-corrected chi connectivity index (χ2v) is 5.10. The van der Waals surface area contributed by atoms with Crippen molar-refractivity contribution in [1.29, 1.82) is 0 Å². The second-order valence-electron chi connectivity index (χ2n) is 5.10. The Bertz CT molecular complexity index is 199. The lowest BCUT2D eigenvalue weighted by Gasteiger charge is -2.40. The van der Waals surface area contributed by atoms with Crippen molar-refractivity contribution >= 4 is 0 Å². The van der Waals surface area contributed by atoms with Gasteiger partial charge in [0.1, 0.15) is 0 Å². The van der Waals surface area contributed by atoms with Crippen molar-refractivity contribution in [3.8, 4) is 0 Å². The number of piperidine rings is 1. The zero-order chi connectivity index (χ0) is 11.3. The lowest BCUT2D eigenvalue weighted by atomic mass is 9.98. The lowest BCUT2D eigenvalue weighted by Crippen LogP contribution is -2.49. The summed E-state index contributed by atoms with van der Waals surface area (Å²) in [7, 11) is 0. The zero-order valence-electron chi connectivity index (χ0n) is 10.1. The molecule has 0 aromatic heterocycles. The molecule has 0 aliphatic carbocycles. The molecule has 0 atom stereocenters. The van der Waals surface area contributed by atoms with Gasteiger partial charge in [-0.3, -0.25) is 10.7 Å². The average Bonchev–Trinajstić information content (AvgIpc) is 2.18. The van der Waals surface area contributed by atoms with Crippen LogP contribution in [-0.4, -0.2) is 29.6 Å². The number of hydrogen-bond donors (Lipinski definition) is 3. The van der Waals surface area contributed by atoms with Crippen molar-refractivity contribution in [2.45, 2.75) is 45.2 Å². The van der Waals surface area contributed by atoms with Crippen LogP contribution in [0.25, 0.3) is 0 Å². The first-order valence-electron chi connectivity index (χ1n) is 5.66. The molecule has 1 aliphatic heterocycles. The smallest absolute Gasteiger partial charge is 0.0280 e. The van der Waals surface area contributed by atoms with Gasteiger partial charge in [-0.25, -0.2) is 0 Å². The van der Waals surface area contributed by atoms with E-state index in [1.165, 1.54) is 25.9 Å². The summed E-state index contributed by atoms with van der Waals surface area (Å²) in [6.45, 7) is 9.17. The first kappa shape index (κ1) is 12.3. The summed E-state index contributed by atoms with van der Waals surface area (Å²) in [5.41, 5.74) is 2.79. The van der Waals surface area contributed by atoms with Crippen LogP contribution in [0.4, 0.5) is 0 Å². The van der Waals surface area contributed by atoms with Crippen LogP contribution in [0.2, 0.25) is 0 Å². The minimum atomic E-state index is 0.305. The molecule has 4 heteroatoms. The van der Waals surface area contributed by atoms with Gasteiger partial charge in [0.2, 0.25) is 0 Å². The van der Waals surface area contributed by atoms with Crippen LogP contribution in [-0.2, 0) is 0 Å². The molecule has 15 heavy (non-hydrogen) atoms. The van der Waals surface area contributed by atoms with E-state index in [0.717, 1.165) is 0 Å². The standard InChI is InChI=1S/C11H24N4/c1-11(2,3)15-8-4-10(5-9-15)13-6-7-14-12/h6-7,10,13-14H,4-5,8-9,12H2,1-3H3/b7-6-. The highest BCUT2D eigenvalue weighted by atomic mass is 15.2. The zero-order valence-corrected chi connectivity index (χ0v) is 10.1. The molecule has 0 bridgehead atoms. The van der Waals surface area contributed by atoms with E-state index in [-0.39, 0.29) is 0 Å². The Morgan fingerprint density at radius 3 is 2.27 bits per heavy atom. The summed E-state index contributed by atoms with van der Waals surface area (Å²) < 4.78 is 0. The van der Waals surface area contributed by atoms with Gasteiger partial charge in [-0.05, 0) is 33.6 Å². The second kappa shape index (κ2) is 5.37. The van der Waals surface area contributed by atoms with Crippen LogP contribution < -0.4 is 16.6 Å². The number of nitrogens with two attached hydrogens (primary N) is 1. The van der Waals surface area contributed by atoms with Crippen molar-refractivity contribution in [2.24, 2.45) is 5.84 Å². The Morgan fingerprint density at radius 2 is 1.80 bits per heavy atom. The predicted octanol–water partition coefficient (Wildman–Crippen LogP) is 0.773. The number of nitrogens with one attached hydrogen (secondary N) is 2. The summed E-state index contributed by atoms with van der Waals surface area (Å²) >= 11 is 0. The molecule has 0 spiro atoms. The molecule has 0 radical (unpaired) electrons. The van der Waals surface area contributed by atoms with E-state index in [9.17, 15) is 0 Å². The van der Waals surface area contributed by atoms with Gasteiger partial charge in [0.05, 0.1) is 0 Å². The normalized spacial score (nSPS) is 20.8. The van der Waals surface area contributed by atoms with E-state index in [4.69, 9.17) is 5.84 Å². The molecule has 0 saturated carbocycles. The largest absolute Gasteiger partial charge is 0.387 e. The van der Waals surface area contributed by atoms with E-state index in [1.54, 1.807) is 6.20 Å². The van der Waals surface area contributed by atoms with E-state index in [0.29, 0.717) is 11.6 Å².